The summed E-state index contributed by atoms with van der Waals surface area (Å²) >= 11 is 5.94. The molecule has 126 valence electrons. The average Bonchev–Trinajstić information content (AvgIpc) is 3.15. The Morgan fingerprint density at radius 3 is 2.83 bits per heavy atom. The van der Waals surface area contributed by atoms with Gasteiger partial charge >= 0.3 is 0 Å². The molecule has 2 saturated heterocycles. The van der Waals surface area contributed by atoms with Crippen molar-refractivity contribution < 1.29 is 4.79 Å². The summed E-state index contributed by atoms with van der Waals surface area (Å²) in [4.78, 5) is 16.6. The summed E-state index contributed by atoms with van der Waals surface area (Å²) in [5.41, 5.74) is 2.01. The number of aromatic nitrogens is 2. The first kappa shape index (κ1) is 15.7. The van der Waals surface area contributed by atoms with Gasteiger partial charge in [-0.05, 0) is 44.0 Å². The lowest BCUT2D eigenvalue weighted by atomic mass is 10.0. The first-order chi connectivity index (χ1) is 11.6. The van der Waals surface area contributed by atoms with Crippen molar-refractivity contribution >= 4 is 17.5 Å². The number of hydrogen-bond donors (Lipinski definition) is 0. The molecule has 2 aliphatic heterocycles. The predicted molar refractivity (Wildman–Crippen MR) is 93.0 cm³/mol. The number of halogens is 1. The summed E-state index contributed by atoms with van der Waals surface area (Å²) in [7, 11) is 0. The van der Waals surface area contributed by atoms with Crippen molar-refractivity contribution in [3.05, 3.63) is 47.2 Å². The maximum atomic E-state index is 12.1. The average molecular weight is 345 g/mol. The molecule has 0 bridgehead atoms. The summed E-state index contributed by atoms with van der Waals surface area (Å²) in [5, 5.41) is 5.19. The van der Waals surface area contributed by atoms with Gasteiger partial charge in [-0.3, -0.25) is 9.69 Å². The van der Waals surface area contributed by atoms with Gasteiger partial charge in [-0.25, -0.2) is 4.68 Å². The molecule has 6 heteroatoms. The third-order valence-electron chi connectivity index (χ3n) is 5.29. The summed E-state index contributed by atoms with van der Waals surface area (Å²) in [6.07, 6.45) is 6.58. The number of nitrogens with zero attached hydrogens (tertiary/aromatic N) is 4. The summed E-state index contributed by atoms with van der Waals surface area (Å²) in [6.45, 7) is 4.91. The predicted octanol–water partition coefficient (Wildman–Crippen LogP) is 3.07. The van der Waals surface area contributed by atoms with Gasteiger partial charge in [0.2, 0.25) is 5.91 Å². The van der Waals surface area contributed by atoms with Crippen LogP contribution in [-0.2, 0) is 11.3 Å². The third-order valence-corrected chi connectivity index (χ3v) is 5.54. The van der Waals surface area contributed by atoms with Crippen LogP contribution in [0.4, 0.5) is 0 Å². The molecule has 1 aromatic carbocycles. The molecule has 4 rings (SSSR count). The molecule has 0 N–H and O–H groups in total. The lowest BCUT2D eigenvalue weighted by Crippen LogP contribution is -2.60. The van der Waals surface area contributed by atoms with Gasteiger partial charge in [0.1, 0.15) is 0 Å². The van der Waals surface area contributed by atoms with Gasteiger partial charge in [-0.15, -0.1) is 0 Å². The Morgan fingerprint density at radius 1 is 1.25 bits per heavy atom. The highest BCUT2D eigenvalue weighted by Gasteiger charge is 2.47. The van der Waals surface area contributed by atoms with Crippen molar-refractivity contribution in [2.75, 3.05) is 13.1 Å². The molecule has 1 aromatic heterocycles. The largest absolute Gasteiger partial charge is 0.324 e. The van der Waals surface area contributed by atoms with Gasteiger partial charge in [0, 0.05) is 42.8 Å². The van der Waals surface area contributed by atoms with Gasteiger partial charge in [0.25, 0.3) is 0 Å². The molecule has 0 aliphatic carbocycles. The maximum absolute atomic E-state index is 12.1. The molecule has 2 aromatic rings. The highest BCUT2D eigenvalue weighted by atomic mass is 35.5. The molecule has 1 atom stereocenters. The first-order valence-electron chi connectivity index (χ1n) is 8.41. The minimum absolute atomic E-state index is 0.141. The van der Waals surface area contributed by atoms with Crippen LogP contribution in [0.2, 0.25) is 5.02 Å². The van der Waals surface area contributed by atoms with E-state index in [4.69, 9.17) is 11.6 Å². The molecular weight excluding hydrogens is 324 g/mol. The SMILES string of the molecule is CC12CCC(=O)N1CCCN2Cc1cnn(-c2ccc(Cl)cc2)c1. The Balaban J connectivity index is 1.53. The van der Waals surface area contributed by atoms with Crippen molar-refractivity contribution in [2.24, 2.45) is 0 Å². The second kappa shape index (κ2) is 5.90. The fraction of sp³-hybridized carbons (Fsp3) is 0.444. The van der Waals surface area contributed by atoms with E-state index in [0.717, 1.165) is 48.7 Å². The van der Waals surface area contributed by atoms with E-state index in [-0.39, 0.29) is 5.66 Å². The van der Waals surface area contributed by atoms with Crippen LogP contribution in [0.1, 0.15) is 31.7 Å². The van der Waals surface area contributed by atoms with E-state index in [1.54, 1.807) is 0 Å². The van der Waals surface area contributed by atoms with Crippen molar-refractivity contribution in [2.45, 2.75) is 38.4 Å². The molecule has 2 fully saturated rings. The van der Waals surface area contributed by atoms with Crippen LogP contribution >= 0.6 is 11.6 Å². The second-order valence-electron chi connectivity index (χ2n) is 6.81. The molecule has 0 saturated carbocycles. The highest BCUT2D eigenvalue weighted by molar-refractivity contribution is 6.30. The van der Waals surface area contributed by atoms with Crippen LogP contribution in [0.3, 0.4) is 0 Å². The molecule has 0 spiro atoms. The molecule has 0 radical (unpaired) electrons. The van der Waals surface area contributed by atoms with Crippen LogP contribution in [-0.4, -0.2) is 44.2 Å². The Labute approximate surface area is 146 Å². The zero-order chi connectivity index (χ0) is 16.7. The molecule has 1 amide bonds. The van der Waals surface area contributed by atoms with Gasteiger partial charge in [0.15, 0.2) is 0 Å². The number of benzene rings is 1. The van der Waals surface area contributed by atoms with Crippen LogP contribution in [0.25, 0.3) is 5.69 Å². The third kappa shape index (κ3) is 2.62. The Morgan fingerprint density at radius 2 is 2.04 bits per heavy atom. The molecule has 24 heavy (non-hydrogen) atoms. The zero-order valence-electron chi connectivity index (χ0n) is 13.8. The van der Waals surface area contributed by atoms with Gasteiger partial charge < -0.3 is 4.90 Å². The molecule has 1 unspecified atom stereocenters. The smallest absolute Gasteiger partial charge is 0.224 e. The van der Waals surface area contributed by atoms with E-state index in [1.807, 2.05) is 35.1 Å². The van der Waals surface area contributed by atoms with Crippen molar-refractivity contribution in [1.29, 1.82) is 0 Å². The zero-order valence-corrected chi connectivity index (χ0v) is 14.5. The van der Waals surface area contributed by atoms with E-state index < -0.39 is 0 Å². The molecular formula is C18H21ClN4O. The van der Waals surface area contributed by atoms with Gasteiger partial charge in [-0.1, -0.05) is 11.6 Å². The highest BCUT2D eigenvalue weighted by Crippen LogP contribution is 2.37. The van der Waals surface area contributed by atoms with Crippen LogP contribution in [0.5, 0.6) is 0 Å². The van der Waals surface area contributed by atoms with Gasteiger partial charge in [-0.2, -0.15) is 5.10 Å². The van der Waals surface area contributed by atoms with Crippen molar-refractivity contribution in [1.82, 2.24) is 19.6 Å². The quantitative estimate of drug-likeness (QED) is 0.859. The standard InChI is InChI=1S/C18H21ClN4O/c1-18-8-7-17(24)22(18)10-2-9-21(18)12-14-11-20-23(13-14)16-5-3-15(19)4-6-16/h3-6,11,13H,2,7-10,12H2,1H3. The lowest BCUT2D eigenvalue weighted by Gasteiger charge is -2.48. The van der Waals surface area contributed by atoms with E-state index in [0.29, 0.717) is 12.3 Å². The molecule has 5 nitrogen and oxygen atoms in total. The van der Waals surface area contributed by atoms with Crippen molar-refractivity contribution in [3.63, 3.8) is 0 Å². The maximum Gasteiger partial charge on any atom is 0.224 e. The van der Waals surface area contributed by atoms with E-state index in [2.05, 4.69) is 28.0 Å². The molecule has 3 heterocycles. The van der Waals surface area contributed by atoms with Crippen LogP contribution in [0, 0.1) is 0 Å². The minimum Gasteiger partial charge on any atom is -0.324 e. The summed E-state index contributed by atoms with van der Waals surface area (Å²) in [6, 6.07) is 7.65. The number of hydrogen-bond acceptors (Lipinski definition) is 3. The Bertz CT molecular complexity index is 757. The number of carbonyl (C=O) groups is 1. The van der Waals surface area contributed by atoms with Crippen LogP contribution in [0.15, 0.2) is 36.7 Å². The van der Waals surface area contributed by atoms with Crippen LogP contribution < -0.4 is 0 Å². The summed E-state index contributed by atoms with van der Waals surface area (Å²) in [5.74, 6) is 0.291. The van der Waals surface area contributed by atoms with Crippen molar-refractivity contribution in [3.8, 4) is 5.69 Å². The number of amides is 1. The second-order valence-corrected chi connectivity index (χ2v) is 7.24. The number of fused-ring (bicyclic) bond motifs is 1. The monoisotopic (exact) mass is 344 g/mol. The summed E-state index contributed by atoms with van der Waals surface area (Å²) < 4.78 is 1.87. The number of rotatable bonds is 3. The lowest BCUT2D eigenvalue weighted by molar-refractivity contribution is -0.141. The fourth-order valence-electron chi connectivity index (χ4n) is 3.88. The van der Waals surface area contributed by atoms with E-state index in [9.17, 15) is 4.79 Å². The van der Waals surface area contributed by atoms with Gasteiger partial charge in [0.05, 0.1) is 17.5 Å². The van der Waals surface area contributed by atoms with E-state index >= 15 is 0 Å². The van der Waals surface area contributed by atoms with E-state index in [1.165, 1.54) is 0 Å². The minimum atomic E-state index is -0.141. The number of carbonyl (C=O) groups excluding carboxylic acids is 1. The first-order valence-corrected chi connectivity index (χ1v) is 8.79. The normalized spacial score (nSPS) is 24.4. The fourth-order valence-corrected chi connectivity index (χ4v) is 4.01. The molecule has 2 aliphatic rings. The Kier molecular flexibility index (Phi) is 3.85. The Hall–Kier alpha value is -1.85. The topological polar surface area (TPSA) is 41.4 Å².